The first-order chi connectivity index (χ1) is 18.9. The van der Waals surface area contributed by atoms with Gasteiger partial charge in [0.15, 0.2) is 23.3 Å². The van der Waals surface area contributed by atoms with Crippen molar-refractivity contribution >= 4 is 23.3 Å². The van der Waals surface area contributed by atoms with Gasteiger partial charge in [-0.2, -0.15) is 5.10 Å². The summed E-state index contributed by atoms with van der Waals surface area (Å²) in [6, 6.07) is 12.0. The van der Waals surface area contributed by atoms with E-state index in [1.54, 1.807) is 41.2 Å². The first-order valence-electron chi connectivity index (χ1n) is 12.6. The molecule has 2 aromatic heterocycles. The van der Waals surface area contributed by atoms with E-state index in [-0.39, 0.29) is 17.8 Å². The van der Waals surface area contributed by atoms with E-state index in [9.17, 15) is 13.6 Å². The van der Waals surface area contributed by atoms with Crippen LogP contribution in [-0.4, -0.2) is 50.4 Å². The number of hydrogen-bond acceptors (Lipinski definition) is 5. The molecule has 0 bridgehead atoms. The molecule has 0 aliphatic heterocycles. The third kappa shape index (κ3) is 6.01. The number of aromatic nitrogens is 4. The molecular formula is C28H27ClF2N6O2. The Bertz CT molecular complexity index is 1460. The summed E-state index contributed by atoms with van der Waals surface area (Å²) in [7, 11) is 1.55. The van der Waals surface area contributed by atoms with Crippen molar-refractivity contribution in [1.82, 2.24) is 24.6 Å². The first kappa shape index (κ1) is 26.6. The molecule has 2 amide bonds. The Morgan fingerprint density at radius 2 is 1.85 bits per heavy atom. The van der Waals surface area contributed by atoms with Crippen LogP contribution in [0.1, 0.15) is 25.7 Å². The number of halogens is 3. The van der Waals surface area contributed by atoms with Gasteiger partial charge in [-0.1, -0.05) is 24.4 Å². The Morgan fingerprint density at radius 1 is 1.08 bits per heavy atom. The van der Waals surface area contributed by atoms with E-state index >= 15 is 0 Å². The van der Waals surface area contributed by atoms with Crippen LogP contribution in [0, 0.1) is 11.6 Å². The van der Waals surface area contributed by atoms with Crippen molar-refractivity contribution in [3.8, 4) is 28.5 Å². The molecule has 4 aromatic rings. The molecule has 2 aromatic carbocycles. The number of methoxy groups -OCH3 is 1. The zero-order valence-electron chi connectivity index (χ0n) is 21.3. The van der Waals surface area contributed by atoms with E-state index in [0.29, 0.717) is 35.5 Å². The van der Waals surface area contributed by atoms with Gasteiger partial charge in [0.1, 0.15) is 5.75 Å². The van der Waals surface area contributed by atoms with E-state index in [2.05, 4.69) is 10.3 Å². The lowest BCUT2D eigenvalue weighted by Crippen LogP contribution is -2.43. The highest BCUT2D eigenvalue weighted by Crippen LogP contribution is 2.31. The van der Waals surface area contributed by atoms with Crippen LogP contribution < -0.4 is 10.1 Å². The molecule has 1 N–H and O–H groups in total. The number of anilines is 1. The quantitative estimate of drug-likeness (QED) is 0.272. The molecule has 0 saturated heterocycles. The van der Waals surface area contributed by atoms with Gasteiger partial charge in [-0.3, -0.25) is 4.98 Å². The summed E-state index contributed by atoms with van der Waals surface area (Å²) in [5.41, 5.74) is 1.73. The van der Waals surface area contributed by atoms with Crippen LogP contribution in [-0.2, 0) is 6.54 Å². The smallest absolute Gasteiger partial charge is 0.322 e. The molecule has 11 heteroatoms. The fourth-order valence-corrected chi connectivity index (χ4v) is 5.04. The van der Waals surface area contributed by atoms with Gasteiger partial charge in [0.25, 0.3) is 0 Å². The van der Waals surface area contributed by atoms with E-state index in [1.165, 1.54) is 6.07 Å². The molecule has 1 aliphatic rings. The van der Waals surface area contributed by atoms with E-state index in [1.807, 2.05) is 18.2 Å². The molecule has 0 unspecified atom stereocenters. The first-order valence-corrected chi connectivity index (χ1v) is 13.0. The molecule has 0 radical (unpaired) electrons. The summed E-state index contributed by atoms with van der Waals surface area (Å²) in [6.45, 7) is 0.676. The van der Waals surface area contributed by atoms with Crippen LogP contribution in [0.25, 0.3) is 22.8 Å². The number of urea groups is 1. The van der Waals surface area contributed by atoms with E-state index < -0.39 is 11.6 Å². The number of benzene rings is 2. The minimum atomic E-state index is -1.02. The molecule has 1 fully saturated rings. The van der Waals surface area contributed by atoms with Gasteiger partial charge in [-0.25, -0.2) is 23.2 Å². The minimum Gasteiger partial charge on any atom is -0.495 e. The molecule has 202 valence electrons. The molecule has 0 spiro atoms. The second kappa shape index (κ2) is 11.8. The number of hydrogen-bond donors (Lipinski definition) is 1. The van der Waals surface area contributed by atoms with Crippen molar-refractivity contribution in [2.45, 2.75) is 38.3 Å². The molecule has 1 saturated carbocycles. The number of nitrogens with one attached hydrogen (secondary N) is 1. The second-order valence-electron chi connectivity index (χ2n) is 9.26. The second-order valence-corrected chi connectivity index (χ2v) is 9.67. The Hall–Kier alpha value is -4.05. The SMILES string of the molecule is COc1ccc(-c2nc(-c3ccncc3)nn2CCN(C(=O)Nc2ccc(F)c(F)c2)C2CCCC2)cc1Cl. The Balaban J connectivity index is 1.43. The summed E-state index contributed by atoms with van der Waals surface area (Å²) in [4.78, 5) is 23.9. The molecule has 0 atom stereocenters. The Labute approximate surface area is 229 Å². The highest BCUT2D eigenvalue weighted by molar-refractivity contribution is 6.32. The summed E-state index contributed by atoms with van der Waals surface area (Å²) < 4.78 is 34.2. The van der Waals surface area contributed by atoms with Crippen LogP contribution in [0.15, 0.2) is 60.9 Å². The van der Waals surface area contributed by atoms with Crippen molar-refractivity contribution in [1.29, 1.82) is 0 Å². The fourth-order valence-electron chi connectivity index (χ4n) is 4.78. The van der Waals surface area contributed by atoms with E-state index in [4.69, 9.17) is 26.4 Å². The van der Waals surface area contributed by atoms with Gasteiger partial charge in [0.2, 0.25) is 0 Å². The van der Waals surface area contributed by atoms with Gasteiger partial charge < -0.3 is 15.0 Å². The van der Waals surface area contributed by atoms with Crippen molar-refractivity contribution in [2.75, 3.05) is 19.0 Å². The molecule has 5 rings (SSSR count). The number of pyridine rings is 1. The maximum atomic E-state index is 13.7. The standard InChI is InChI=1S/C28H27ClF2N6O2/c1-39-25-9-6-19(16-22(25)29)27-34-26(18-10-12-32-13-11-18)35-37(27)15-14-36(21-4-2-3-5-21)28(38)33-20-7-8-23(30)24(31)17-20/h6-13,16-17,21H,2-5,14-15H2,1H3,(H,33,38). The molecule has 8 nitrogen and oxygen atoms in total. The monoisotopic (exact) mass is 552 g/mol. The van der Waals surface area contributed by atoms with E-state index in [0.717, 1.165) is 48.9 Å². The number of amides is 2. The van der Waals surface area contributed by atoms with Gasteiger partial charge in [-0.15, -0.1) is 0 Å². The number of ether oxygens (including phenoxy) is 1. The maximum Gasteiger partial charge on any atom is 0.322 e. The van der Waals surface area contributed by atoms with Gasteiger partial charge in [-0.05, 0) is 55.3 Å². The summed E-state index contributed by atoms with van der Waals surface area (Å²) in [5, 5.41) is 7.90. The van der Waals surface area contributed by atoms with Crippen LogP contribution in [0.3, 0.4) is 0 Å². The topological polar surface area (TPSA) is 85.2 Å². The minimum absolute atomic E-state index is 0.0253. The average Bonchev–Trinajstić information content (AvgIpc) is 3.62. The third-order valence-corrected chi connectivity index (χ3v) is 7.07. The summed E-state index contributed by atoms with van der Waals surface area (Å²) in [5.74, 6) is -0.351. The number of carbonyl (C=O) groups is 1. The highest BCUT2D eigenvalue weighted by Gasteiger charge is 2.27. The summed E-state index contributed by atoms with van der Waals surface area (Å²) in [6.07, 6.45) is 7.11. The lowest BCUT2D eigenvalue weighted by molar-refractivity contribution is 0.184. The number of nitrogens with zero attached hydrogens (tertiary/aromatic N) is 5. The molecular weight excluding hydrogens is 526 g/mol. The number of rotatable bonds is 8. The highest BCUT2D eigenvalue weighted by atomic mass is 35.5. The van der Waals surface area contributed by atoms with Crippen molar-refractivity contribution in [3.63, 3.8) is 0 Å². The average molecular weight is 553 g/mol. The number of carbonyl (C=O) groups excluding carboxylic acids is 1. The summed E-state index contributed by atoms with van der Waals surface area (Å²) >= 11 is 6.41. The van der Waals surface area contributed by atoms with Crippen LogP contribution in [0.2, 0.25) is 5.02 Å². The molecule has 2 heterocycles. The van der Waals surface area contributed by atoms with Crippen molar-refractivity contribution in [2.24, 2.45) is 0 Å². The Kier molecular flexibility index (Phi) is 8.02. The van der Waals surface area contributed by atoms with Crippen molar-refractivity contribution < 1.29 is 18.3 Å². The van der Waals surface area contributed by atoms with Crippen LogP contribution in [0.4, 0.5) is 19.3 Å². The largest absolute Gasteiger partial charge is 0.495 e. The zero-order valence-corrected chi connectivity index (χ0v) is 22.0. The predicted molar refractivity (Wildman–Crippen MR) is 145 cm³/mol. The third-order valence-electron chi connectivity index (χ3n) is 6.77. The van der Waals surface area contributed by atoms with Gasteiger partial charge >= 0.3 is 6.03 Å². The van der Waals surface area contributed by atoms with Crippen LogP contribution >= 0.6 is 11.6 Å². The lowest BCUT2D eigenvalue weighted by Gasteiger charge is -2.29. The molecule has 1 aliphatic carbocycles. The zero-order chi connectivity index (χ0) is 27.4. The van der Waals surface area contributed by atoms with Crippen LogP contribution in [0.5, 0.6) is 5.75 Å². The maximum absolute atomic E-state index is 13.7. The lowest BCUT2D eigenvalue weighted by atomic mass is 10.2. The molecule has 39 heavy (non-hydrogen) atoms. The predicted octanol–water partition coefficient (Wildman–Crippen LogP) is 6.42. The fraction of sp³-hybridized carbons (Fsp3) is 0.286. The van der Waals surface area contributed by atoms with Gasteiger partial charge in [0.05, 0.1) is 18.7 Å². The van der Waals surface area contributed by atoms with Gasteiger partial charge in [0, 0.05) is 47.9 Å². The van der Waals surface area contributed by atoms with Crippen molar-refractivity contribution in [3.05, 3.63) is 77.6 Å². The Morgan fingerprint density at radius 3 is 2.54 bits per heavy atom. The normalized spacial score (nSPS) is 13.4.